The molecule has 0 radical (unpaired) electrons. The van der Waals surface area contributed by atoms with Crippen LogP contribution < -0.4 is 10.2 Å². The predicted molar refractivity (Wildman–Crippen MR) is 97.0 cm³/mol. The van der Waals surface area contributed by atoms with Crippen LogP contribution in [0.15, 0.2) is 41.3 Å². The van der Waals surface area contributed by atoms with Crippen molar-refractivity contribution in [2.45, 2.75) is 33.3 Å². The average Bonchev–Trinajstić information content (AvgIpc) is 2.56. The molecule has 0 atom stereocenters. The van der Waals surface area contributed by atoms with Crippen molar-refractivity contribution in [3.05, 3.63) is 63.0 Å². The molecule has 0 unspecified atom stereocenters. The van der Waals surface area contributed by atoms with Crippen LogP contribution in [0, 0.1) is 5.92 Å². The zero-order chi connectivity index (χ0) is 18.2. The number of nitrogens with one attached hydrogen (secondary N) is 1. The average molecular weight is 364 g/mol. The number of hydrogen-bond donors (Lipinski definition) is 1. The minimum atomic E-state index is -0.375. The topological polar surface area (TPSA) is 68.4 Å². The maximum atomic E-state index is 12.0. The largest absolute Gasteiger partial charge is 0.488 e. The Labute approximate surface area is 151 Å². The van der Waals surface area contributed by atoms with Gasteiger partial charge in [-0.2, -0.15) is 0 Å². The van der Waals surface area contributed by atoms with Gasteiger partial charge in [-0.05, 0) is 30.0 Å². The summed E-state index contributed by atoms with van der Waals surface area (Å²) in [5.41, 5.74) is 1.11. The van der Waals surface area contributed by atoms with Crippen molar-refractivity contribution in [3.8, 4) is 5.75 Å². The van der Waals surface area contributed by atoms with Crippen LogP contribution in [-0.2, 0) is 22.6 Å². The summed E-state index contributed by atoms with van der Waals surface area (Å²) < 4.78 is 10.6. The van der Waals surface area contributed by atoms with Crippen LogP contribution in [0.25, 0.3) is 0 Å². The molecule has 0 aliphatic heterocycles. The maximum Gasteiger partial charge on any atom is 0.310 e. The number of halogens is 1. The fourth-order valence-corrected chi connectivity index (χ4v) is 2.21. The van der Waals surface area contributed by atoms with Gasteiger partial charge in [0.1, 0.15) is 6.61 Å². The lowest BCUT2D eigenvalue weighted by molar-refractivity contribution is -0.144. The van der Waals surface area contributed by atoms with Crippen LogP contribution in [-0.4, -0.2) is 17.6 Å². The highest BCUT2D eigenvalue weighted by atomic mass is 35.5. The number of aromatic amines is 1. The molecule has 0 amide bonds. The van der Waals surface area contributed by atoms with E-state index >= 15 is 0 Å². The van der Waals surface area contributed by atoms with E-state index in [4.69, 9.17) is 21.1 Å². The third kappa shape index (κ3) is 6.63. The van der Waals surface area contributed by atoms with Gasteiger partial charge in [0.2, 0.25) is 5.43 Å². The summed E-state index contributed by atoms with van der Waals surface area (Å²) in [6.07, 6.45) is 2.53. The van der Waals surface area contributed by atoms with Crippen LogP contribution in [0.5, 0.6) is 5.75 Å². The highest BCUT2D eigenvalue weighted by molar-refractivity contribution is 6.30. The number of carbonyl (C=O) groups is 1. The van der Waals surface area contributed by atoms with Crippen LogP contribution in [0.4, 0.5) is 0 Å². The number of H-pyrrole nitrogens is 1. The summed E-state index contributed by atoms with van der Waals surface area (Å²) in [5, 5.41) is 0.616. The molecule has 25 heavy (non-hydrogen) atoms. The van der Waals surface area contributed by atoms with Crippen molar-refractivity contribution < 1.29 is 14.3 Å². The van der Waals surface area contributed by atoms with Gasteiger partial charge < -0.3 is 14.5 Å². The van der Waals surface area contributed by atoms with Gasteiger partial charge >= 0.3 is 5.97 Å². The number of benzene rings is 1. The first-order valence-corrected chi connectivity index (χ1v) is 8.56. The van der Waals surface area contributed by atoms with Crippen molar-refractivity contribution in [3.63, 3.8) is 0 Å². The zero-order valence-electron chi connectivity index (χ0n) is 14.4. The van der Waals surface area contributed by atoms with Crippen molar-refractivity contribution in [1.82, 2.24) is 4.98 Å². The van der Waals surface area contributed by atoms with E-state index in [1.807, 2.05) is 0 Å². The number of pyridine rings is 1. The third-order valence-corrected chi connectivity index (χ3v) is 3.79. The van der Waals surface area contributed by atoms with Crippen molar-refractivity contribution in [1.29, 1.82) is 0 Å². The molecule has 0 saturated heterocycles. The molecule has 2 aromatic rings. The Hall–Kier alpha value is -2.27. The van der Waals surface area contributed by atoms with E-state index in [2.05, 4.69) is 18.8 Å². The summed E-state index contributed by atoms with van der Waals surface area (Å²) in [5.74, 6) is 0.413. The Morgan fingerprint density at radius 1 is 1.24 bits per heavy atom. The first-order chi connectivity index (χ1) is 11.9. The summed E-state index contributed by atoms with van der Waals surface area (Å²) in [6, 6.07) is 8.38. The van der Waals surface area contributed by atoms with E-state index < -0.39 is 0 Å². The molecule has 0 bridgehead atoms. The van der Waals surface area contributed by atoms with Crippen LogP contribution in [0.1, 0.15) is 31.5 Å². The second-order valence-electron chi connectivity index (χ2n) is 6.18. The molecule has 0 aliphatic rings. The number of ether oxygens (including phenoxy) is 2. The predicted octanol–water partition coefficient (Wildman–Crippen LogP) is 3.74. The number of hydrogen-bond acceptors (Lipinski definition) is 4. The van der Waals surface area contributed by atoms with Gasteiger partial charge in [0, 0.05) is 17.3 Å². The molecule has 6 heteroatoms. The Balaban J connectivity index is 1.84. The Morgan fingerprint density at radius 2 is 1.96 bits per heavy atom. The molecule has 0 saturated carbocycles. The van der Waals surface area contributed by atoms with Crippen LogP contribution in [0.3, 0.4) is 0 Å². The monoisotopic (exact) mass is 363 g/mol. The van der Waals surface area contributed by atoms with E-state index in [1.54, 1.807) is 24.3 Å². The third-order valence-electron chi connectivity index (χ3n) is 3.54. The zero-order valence-corrected chi connectivity index (χ0v) is 15.1. The first-order valence-electron chi connectivity index (χ1n) is 8.18. The lowest BCUT2D eigenvalue weighted by atomic mass is 10.1. The molecular formula is C19H22ClNO4. The minimum Gasteiger partial charge on any atom is -0.488 e. The van der Waals surface area contributed by atoms with Gasteiger partial charge in [0.15, 0.2) is 5.75 Å². The van der Waals surface area contributed by atoms with Crippen molar-refractivity contribution >= 4 is 17.6 Å². The lowest BCUT2D eigenvalue weighted by Gasteiger charge is -2.09. The van der Waals surface area contributed by atoms with Gasteiger partial charge in [-0.25, -0.2) is 0 Å². The van der Waals surface area contributed by atoms with Gasteiger partial charge in [-0.15, -0.1) is 0 Å². The first kappa shape index (κ1) is 19.1. The lowest BCUT2D eigenvalue weighted by Crippen LogP contribution is -2.13. The Bertz CT molecular complexity index is 753. The highest BCUT2D eigenvalue weighted by Gasteiger charge is 2.08. The molecule has 1 aromatic heterocycles. The second kappa shape index (κ2) is 9.28. The standard InChI is InChI=1S/C19H22ClNO4/c1-13(2)7-8-24-18-11-21-16(10-17(18)22)12-25-19(23)9-14-3-5-15(20)6-4-14/h3-6,10-11,13H,7-9,12H2,1-2H3,(H,21,22). The van der Waals surface area contributed by atoms with Crippen LogP contribution in [0.2, 0.25) is 5.02 Å². The fourth-order valence-electron chi connectivity index (χ4n) is 2.08. The maximum absolute atomic E-state index is 12.0. The van der Waals surface area contributed by atoms with Gasteiger partial charge in [0.05, 0.1) is 18.7 Å². The highest BCUT2D eigenvalue weighted by Crippen LogP contribution is 2.11. The smallest absolute Gasteiger partial charge is 0.310 e. The molecule has 5 nitrogen and oxygen atoms in total. The number of esters is 1. The summed E-state index contributed by atoms with van der Waals surface area (Å²) >= 11 is 5.80. The SMILES string of the molecule is CC(C)CCOc1c[nH]c(COC(=O)Cc2ccc(Cl)cc2)cc1=O. The van der Waals surface area contributed by atoms with Crippen LogP contribution >= 0.6 is 11.6 Å². The van der Waals surface area contributed by atoms with E-state index in [1.165, 1.54) is 12.3 Å². The minimum absolute atomic E-state index is 0.00787. The molecule has 1 N–H and O–H groups in total. The molecule has 0 fully saturated rings. The molecular weight excluding hydrogens is 342 g/mol. The quantitative estimate of drug-likeness (QED) is 0.725. The Kier molecular flexibility index (Phi) is 7.07. The van der Waals surface area contributed by atoms with Gasteiger partial charge in [-0.1, -0.05) is 37.6 Å². The van der Waals surface area contributed by atoms with E-state index in [-0.39, 0.29) is 30.2 Å². The molecule has 134 valence electrons. The molecule has 0 aliphatic carbocycles. The van der Waals surface area contributed by atoms with E-state index in [0.717, 1.165) is 12.0 Å². The van der Waals surface area contributed by atoms with Gasteiger partial charge in [-0.3, -0.25) is 9.59 Å². The molecule has 1 aromatic carbocycles. The molecule has 0 spiro atoms. The number of rotatable bonds is 8. The number of carbonyl (C=O) groups excluding carboxylic acids is 1. The number of aromatic nitrogens is 1. The Morgan fingerprint density at radius 3 is 2.60 bits per heavy atom. The van der Waals surface area contributed by atoms with Gasteiger partial charge in [0.25, 0.3) is 0 Å². The van der Waals surface area contributed by atoms with E-state index in [9.17, 15) is 9.59 Å². The van der Waals surface area contributed by atoms with E-state index in [0.29, 0.717) is 23.2 Å². The molecule has 2 rings (SSSR count). The van der Waals surface area contributed by atoms with Crippen molar-refractivity contribution in [2.24, 2.45) is 5.92 Å². The summed E-state index contributed by atoms with van der Waals surface area (Å²) in [7, 11) is 0. The second-order valence-corrected chi connectivity index (χ2v) is 6.62. The summed E-state index contributed by atoms with van der Waals surface area (Å²) in [6.45, 7) is 4.69. The normalized spacial score (nSPS) is 10.7. The molecule has 1 heterocycles. The fraction of sp³-hybridized carbons (Fsp3) is 0.368. The van der Waals surface area contributed by atoms with Crippen molar-refractivity contribution in [2.75, 3.05) is 6.61 Å². The summed E-state index contributed by atoms with van der Waals surface area (Å²) in [4.78, 5) is 26.8.